The summed E-state index contributed by atoms with van der Waals surface area (Å²) in [7, 11) is 0. The van der Waals surface area contributed by atoms with Crippen LogP contribution >= 0.6 is 11.6 Å². The second-order valence-corrected chi connectivity index (χ2v) is 3.20. The fraction of sp³-hybridized carbons (Fsp3) is 0.222. The van der Waals surface area contributed by atoms with E-state index >= 15 is 0 Å². The zero-order valence-electron chi connectivity index (χ0n) is 7.88. The number of aromatic nitrogens is 4. The molecule has 0 radical (unpaired) electrons. The third kappa shape index (κ3) is 1.85. The molecule has 2 rings (SSSR count). The zero-order valence-corrected chi connectivity index (χ0v) is 8.64. The van der Waals surface area contributed by atoms with E-state index in [-0.39, 0.29) is 11.3 Å². The highest BCUT2D eigenvalue weighted by Crippen LogP contribution is 2.17. The average Bonchev–Trinajstić information content (AvgIpc) is 2.65. The Kier molecular flexibility index (Phi) is 2.44. The Balaban J connectivity index is 2.49. The quantitative estimate of drug-likeness (QED) is 0.566. The van der Waals surface area contributed by atoms with Crippen LogP contribution in [0.1, 0.15) is 6.92 Å². The Morgan fingerprint density at radius 3 is 3.20 bits per heavy atom. The van der Waals surface area contributed by atoms with Gasteiger partial charge in [0.25, 0.3) is 5.78 Å². The number of nitrogens with zero attached hydrogens (tertiary/aromatic N) is 4. The first kappa shape index (κ1) is 9.74. The van der Waals surface area contributed by atoms with E-state index in [0.29, 0.717) is 11.7 Å². The Morgan fingerprint density at radius 1 is 1.67 bits per heavy atom. The molecule has 0 aliphatic heterocycles. The second-order valence-electron chi connectivity index (χ2n) is 2.82. The summed E-state index contributed by atoms with van der Waals surface area (Å²) in [6.45, 7) is 1.75. The van der Waals surface area contributed by atoms with Crippen LogP contribution in [0.25, 0.3) is 5.78 Å². The topological polar surface area (TPSA) is 52.3 Å². The van der Waals surface area contributed by atoms with Crippen LogP contribution in [0.4, 0.5) is 0 Å². The minimum absolute atomic E-state index is 0.287. The highest BCUT2D eigenvalue weighted by Gasteiger charge is 2.09. The number of fused-ring (bicyclic) bond motifs is 1. The molecule has 0 saturated heterocycles. The Bertz CT molecular complexity index is 530. The summed E-state index contributed by atoms with van der Waals surface area (Å²) in [5.74, 6) is 3.24. The number of hydrogen-bond acceptors (Lipinski definition) is 4. The van der Waals surface area contributed by atoms with Gasteiger partial charge in [0.05, 0.1) is 0 Å². The van der Waals surface area contributed by atoms with Crippen LogP contribution in [0.2, 0.25) is 5.15 Å². The van der Waals surface area contributed by atoms with E-state index in [0.717, 1.165) is 0 Å². The molecule has 0 N–H and O–H groups in total. The molecule has 15 heavy (non-hydrogen) atoms. The van der Waals surface area contributed by atoms with Gasteiger partial charge in [0, 0.05) is 6.07 Å². The molecule has 0 aliphatic rings. The minimum atomic E-state index is -0.365. The number of halogens is 1. The van der Waals surface area contributed by atoms with Crippen molar-refractivity contribution < 1.29 is 4.74 Å². The maximum atomic E-state index is 5.78. The Labute approximate surface area is 91.1 Å². The van der Waals surface area contributed by atoms with Gasteiger partial charge in [-0.05, 0) is 6.92 Å². The molecule has 2 aromatic rings. The molecule has 0 saturated carbocycles. The molecule has 6 heteroatoms. The van der Waals surface area contributed by atoms with Gasteiger partial charge < -0.3 is 4.74 Å². The molecule has 0 aromatic carbocycles. The van der Waals surface area contributed by atoms with E-state index in [1.165, 1.54) is 16.9 Å². The van der Waals surface area contributed by atoms with Gasteiger partial charge in [-0.3, -0.25) is 0 Å². The Hall–Kier alpha value is -1.80. The van der Waals surface area contributed by atoms with E-state index in [1.807, 2.05) is 0 Å². The average molecular weight is 223 g/mol. The van der Waals surface area contributed by atoms with Gasteiger partial charge in [-0.1, -0.05) is 17.5 Å². The summed E-state index contributed by atoms with van der Waals surface area (Å²) in [5.41, 5.74) is 0. The van der Waals surface area contributed by atoms with Crippen molar-refractivity contribution in [1.82, 2.24) is 19.6 Å². The molecule has 1 unspecified atom stereocenters. The van der Waals surface area contributed by atoms with Crippen molar-refractivity contribution in [1.29, 1.82) is 0 Å². The smallest absolute Gasteiger partial charge is 0.256 e. The summed E-state index contributed by atoms with van der Waals surface area (Å²) in [6, 6.07) is 1.54. The summed E-state index contributed by atoms with van der Waals surface area (Å²) >= 11 is 5.78. The highest BCUT2D eigenvalue weighted by atomic mass is 35.5. The van der Waals surface area contributed by atoms with E-state index in [9.17, 15) is 0 Å². The molecule has 2 aromatic heterocycles. The molecule has 0 amide bonds. The normalized spacial score (nSPS) is 12.3. The fourth-order valence-corrected chi connectivity index (χ4v) is 1.23. The first-order chi connectivity index (χ1) is 7.20. The van der Waals surface area contributed by atoms with Gasteiger partial charge in [-0.25, -0.2) is 0 Å². The molecular formula is C9H7ClN4O. The van der Waals surface area contributed by atoms with Crippen molar-refractivity contribution >= 4 is 17.4 Å². The molecule has 0 fully saturated rings. The summed E-state index contributed by atoms with van der Waals surface area (Å²) in [5, 5.41) is 4.22. The first-order valence-electron chi connectivity index (χ1n) is 4.20. The molecular weight excluding hydrogens is 216 g/mol. The number of rotatable bonds is 2. The molecule has 1 atom stereocenters. The third-order valence-corrected chi connectivity index (χ3v) is 1.91. The monoisotopic (exact) mass is 222 g/mol. The lowest BCUT2D eigenvalue weighted by molar-refractivity contribution is 0.260. The van der Waals surface area contributed by atoms with Crippen LogP contribution < -0.4 is 4.74 Å². The summed E-state index contributed by atoms with van der Waals surface area (Å²) in [4.78, 5) is 7.85. The maximum Gasteiger partial charge on any atom is 0.256 e. The standard InChI is InChI=1S/C9H7ClN4O/c1-3-6(2)15-8-4-7(10)13-9-11-5-12-14(8)9/h1,4-6H,2H3. The third-order valence-electron chi connectivity index (χ3n) is 1.72. The van der Waals surface area contributed by atoms with E-state index in [1.54, 1.807) is 6.92 Å². The summed E-state index contributed by atoms with van der Waals surface area (Å²) in [6.07, 6.45) is 6.21. The molecule has 2 heterocycles. The van der Waals surface area contributed by atoms with E-state index in [2.05, 4.69) is 21.0 Å². The van der Waals surface area contributed by atoms with Crippen molar-refractivity contribution in [3.05, 3.63) is 17.5 Å². The number of ether oxygens (including phenoxy) is 1. The molecule has 5 nitrogen and oxygen atoms in total. The minimum Gasteiger partial charge on any atom is -0.461 e. The van der Waals surface area contributed by atoms with E-state index < -0.39 is 0 Å². The Morgan fingerprint density at radius 2 is 2.47 bits per heavy atom. The van der Waals surface area contributed by atoms with Crippen LogP contribution in [-0.4, -0.2) is 25.7 Å². The number of terminal acetylenes is 1. The number of hydrogen-bond donors (Lipinski definition) is 0. The van der Waals surface area contributed by atoms with Crippen molar-refractivity contribution in [3.63, 3.8) is 0 Å². The lowest BCUT2D eigenvalue weighted by Gasteiger charge is -2.09. The predicted octanol–water partition coefficient (Wildman–Crippen LogP) is 1.18. The second kappa shape index (κ2) is 3.75. The van der Waals surface area contributed by atoms with Gasteiger partial charge in [0.15, 0.2) is 6.10 Å². The lowest BCUT2D eigenvalue weighted by Crippen LogP contribution is -2.11. The van der Waals surface area contributed by atoms with Crippen molar-refractivity contribution in [3.8, 4) is 18.2 Å². The van der Waals surface area contributed by atoms with Crippen LogP contribution in [0, 0.1) is 12.3 Å². The predicted molar refractivity (Wildman–Crippen MR) is 54.7 cm³/mol. The van der Waals surface area contributed by atoms with Gasteiger partial charge in [-0.15, -0.1) is 6.42 Å². The molecule has 0 spiro atoms. The fourth-order valence-electron chi connectivity index (χ4n) is 1.06. The summed E-state index contributed by atoms with van der Waals surface area (Å²) < 4.78 is 6.85. The van der Waals surface area contributed by atoms with E-state index in [4.69, 9.17) is 22.8 Å². The lowest BCUT2D eigenvalue weighted by atomic mass is 10.4. The molecule has 0 aliphatic carbocycles. The highest BCUT2D eigenvalue weighted by molar-refractivity contribution is 6.29. The van der Waals surface area contributed by atoms with Crippen LogP contribution in [0.5, 0.6) is 5.88 Å². The van der Waals surface area contributed by atoms with Crippen LogP contribution in [0.3, 0.4) is 0 Å². The van der Waals surface area contributed by atoms with Gasteiger partial charge in [-0.2, -0.15) is 19.6 Å². The van der Waals surface area contributed by atoms with Crippen LogP contribution in [-0.2, 0) is 0 Å². The van der Waals surface area contributed by atoms with Crippen molar-refractivity contribution in [2.45, 2.75) is 13.0 Å². The van der Waals surface area contributed by atoms with Gasteiger partial charge in [0.2, 0.25) is 5.88 Å². The maximum absolute atomic E-state index is 5.78. The SMILES string of the molecule is C#CC(C)Oc1cc(Cl)nc2ncnn12. The first-order valence-corrected chi connectivity index (χ1v) is 4.57. The van der Waals surface area contributed by atoms with Crippen molar-refractivity contribution in [2.24, 2.45) is 0 Å². The van der Waals surface area contributed by atoms with Crippen LogP contribution in [0.15, 0.2) is 12.4 Å². The molecule has 76 valence electrons. The molecule has 0 bridgehead atoms. The van der Waals surface area contributed by atoms with Gasteiger partial charge in [0.1, 0.15) is 11.5 Å². The largest absolute Gasteiger partial charge is 0.461 e. The van der Waals surface area contributed by atoms with Gasteiger partial charge >= 0.3 is 0 Å². The zero-order chi connectivity index (χ0) is 10.8. The van der Waals surface area contributed by atoms with Crippen molar-refractivity contribution in [2.75, 3.05) is 0 Å².